The molecule has 0 saturated heterocycles. The monoisotopic (exact) mass is 223 g/mol. The number of nitrogens with one attached hydrogen (secondary N) is 1. The number of alkyl halides is 2. The Labute approximate surface area is 82.3 Å². The van der Waals surface area contributed by atoms with Crippen molar-refractivity contribution in [1.29, 1.82) is 0 Å². The van der Waals surface area contributed by atoms with Gasteiger partial charge < -0.3 is 5.32 Å². The summed E-state index contributed by atoms with van der Waals surface area (Å²) in [5.74, 6) is -2.81. The van der Waals surface area contributed by atoms with Crippen molar-refractivity contribution in [2.24, 2.45) is 0 Å². The average molecular weight is 223 g/mol. The van der Waals surface area contributed by atoms with Crippen LogP contribution in [0.2, 0.25) is 0 Å². The van der Waals surface area contributed by atoms with Gasteiger partial charge in [0.25, 0.3) is 11.7 Å². The first-order valence-electron chi connectivity index (χ1n) is 3.39. The molecule has 0 aliphatic heterocycles. The van der Waals surface area contributed by atoms with E-state index >= 15 is 0 Å². The number of rotatable bonds is 3. The fourth-order valence-corrected chi connectivity index (χ4v) is 2.41. The van der Waals surface area contributed by atoms with Gasteiger partial charge in [0.05, 0.1) is 0 Å². The topological polar surface area (TPSA) is 29.1 Å². The fraction of sp³-hybridized carbons (Fsp3) is 0.286. The zero-order chi connectivity index (χ0) is 9.84. The van der Waals surface area contributed by atoms with Crippen molar-refractivity contribution in [2.75, 3.05) is 7.05 Å². The van der Waals surface area contributed by atoms with Crippen LogP contribution in [-0.2, 0) is 0 Å². The second kappa shape index (κ2) is 4.57. The largest absolute Gasteiger partial charge is 0.354 e. The van der Waals surface area contributed by atoms with Gasteiger partial charge >= 0.3 is 0 Å². The lowest BCUT2D eigenvalue weighted by atomic mass is 10.4. The number of thioether (sulfide) groups is 1. The number of carbonyl (C=O) groups excluding carboxylic acids is 1. The van der Waals surface area contributed by atoms with Crippen LogP contribution in [0, 0.1) is 0 Å². The minimum Gasteiger partial charge on any atom is -0.354 e. The lowest BCUT2D eigenvalue weighted by Gasteiger charge is -2.00. The summed E-state index contributed by atoms with van der Waals surface area (Å²) in [6, 6.07) is 1.52. The molecule has 1 heterocycles. The number of carbonyl (C=O) groups is 1. The summed E-state index contributed by atoms with van der Waals surface area (Å²) in [5.41, 5.74) is 0. The molecule has 0 aliphatic carbocycles. The molecule has 0 radical (unpaired) electrons. The quantitative estimate of drug-likeness (QED) is 0.797. The van der Waals surface area contributed by atoms with Crippen LogP contribution < -0.4 is 5.32 Å². The van der Waals surface area contributed by atoms with E-state index in [9.17, 15) is 13.6 Å². The second-order valence-corrected chi connectivity index (χ2v) is 4.02. The molecule has 1 amide bonds. The highest BCUT2D eigenvalue weighted by Crippen LogP contribution is 2.31. The predicted molar refractivity (Wildman–Crippen MR) is 49.6 cm³/mol. The van der Waals surface area contributed by atoms with Crippen LogP contribution in [0.1, 0.15) is 9.67 Å². The number of halogens is 2. The number of hydrogen-bond donors (Lipinski definition) is 1. The molecule has 1 aromatic heterocycles. The summed E-state index contributed by atoms with van der Waals surface area (Å²) in [4.78, 5) is 11.8. The van der Waals surface area contributed by atoms with E-state index in [1.165, 1.54) is 13.1 Å². The Morgan fingerprint density at radius 2 is 2.38 bits per heavy atom. The van der Waals surface area contributed by atoms with Crippen LogP contribution in [0.5, 0.6) is 0 Å². The summed E-state index contributed by atoms with van der Waals surface area (Å²) in [6.07, 6.45) is 0. The van der Waals surface area contributed by atoms with E-state index in [1.807, 2.05) is 0 Å². The van der Waals surface area contributed by atoms with E-state index in [1.54, 1.807) is 5.38 Å². The summed E-state index contributed by atoms with van der Waals surface area (Å²) < 4.78 is 24.0. The Bertz CT molecular complexity index is 300. The van der Waals surface area contributed by atoms with Crippen molar-refractivity contribution >= 4 is 29.0 Å². The normalized spacial score (nSPS) is 10.5. The molecular formula is C7H7F2NOS2. The first-order chi connectivity index (χ1) is 6.15. The van der Waals surface area contributed by atoms with Crippen molar-refractivity contribution in [3.05, 3.63) is 16.3 Å². The SMILES string of the molecule is CNC(=O)c1sccc1SC(F)F. The molecule has 13 heavy (non-hydrogen) atoms. The van der Waals surface area contributed by atoms with Crippen molar-refractivity contribution < 1.29 is 13.6 Å². The summed E-state index contributed by atoms with van der Waals surface area (Å²) in [5, 5.41) is 4.01. The summed E-state index contributed by atoms with van der Waals surface area (Å²) >= 11 is 1.55. The Morgan fingerprint density at radius 3 is 2.92 bits per heavy atom. The molecule has 0 saturated carbocycles. The number of thiophene rings is 1. The molecule has 0 aliphatic rings. The third-order valence-electron chi connectivity index (χ3n) is 1.28. The van der Waals surface area contributed by atoms with Gasteiger partial charge in [-0.15, -0.1) is 11.3 Å². The van der Waals surface area contributed by atoms with E-state index in [2.05, 4.69) is 5.32 Å². The van der Waals surface area contributed by atoms with E-state index in [-0.39, 0.29) is 5.91 Å². The molecule has 1 N–H and O–H groups in total. The first-order valence-corrected chi connectivity index (χ1v) is 5.15. The summed E-state index contributed by atoms with van der Waals surface area (Å²) in [6.45, 7) is 0. The van der Waals surface area contributed by atoms with E-state index in [0.29, 0.717) is 21.5 Å². The standard InChI is InChI=1S/C7H7F2NOS2/c1-10-6(11)5-4(2-3-12-5)13-7(8)9/h2-3,7H,1H3,(H,10,11). The Balaban J connectivity index is 2.83. The number of hydrogen-bond acceptors (Lipinski definition) is 3. The Kier molecular flexibility index (Phi) is 3.68. The molecule has 6 heteroatoms. The molecule has 1 rings (SSSR count). The number of amides is 1. The van der Waals surface area contributed by atoms with E-state index in [0.717, 1.165) is 11.3 Å². The van der Waals surface area contributed by atoms with Crippen LogP contribution in [-0.4, -0.2) is 18.7 Å². The van der Waals surface area contributed by atoms with Crippen LogP contribution >= 0.6 is 23.1 Å². The fourth-order valence-electron chi connectivity index (χ4n) is 0.765. The molecule has 0 spiro atoms. The van der Waals surface area contributed by atoms with Crippen molar-refractivity contribution in [3.8, 4) is 0 Å². The minimum atomic E-state index is -2.49. The molecule has 0 aromatic carbocycles. The van der Waals surface area contributed by atoms with Crippen molar-refractivity contribution in [1.82, 2.24) is 5.32 Å². The highest BCUT2D eigenvalue weighted by molar-refractivity contribution is 7.99. The molecule has 2 nitrogen and oxygen atoms in total. The molecule has 72 valence electrons. The molecule has 0 fully saturated rings. The van der Waals surface area contributed by atoms with Gasteiger partial charge in [0.15, 0.2) is 0 Å². The minimum absolute atomic E-state index is 0.321. The zero-order valence-corrected chi connectivity index (χ0v) is 8.35. The average Bonchev–Trinajstić information content (AvgIpc) is 2.50. The maximum Gasteiger partial charge on any atom is 0.288 e. The van der Waals surface area contributed by atoms with Gasteiger partial charge in [-0.2, -0.15) is 8.78 Å². The molecular weight excluding hydrogens is 216 g/mol. The van der Waals surface area contributed by atoms with Gasteiger partial charge in [0.2, 0.25) is 0 Å². The smallest absolute Gasteiger partial charge is 0.288 e. The first kappa shape index (κ1) is 10.5. The van der Waals surface area contributed by atoms with Crippen LogP contribution in [0.15, 0.2) is 16.3 Å². The van der Waals surface area contributed by atoms with Gasteiger partial charge in [-0.3, -0.25) is 4.79 Å². The Hall–Kier alpha value is -0.620. The molecule has 0 atom stereocenters. The Morgan fingerprint density at radius 1 is 1.69 bits per heavy atom. The molecule has 0 bridgehead atoms. The van der Waals surface area contributed by atoms with Crippen LogP contribution in [0.4, 0.5) is 8.78 Å². The molecule has 0 unspecified atom stereocenters. The van der Waals surface area contributed by atoms with Crippen molar-refractivity contribution in [2.45, 2.75) is 10.7 Å². The van der Waals surface area contributed by atoms with Gasteiger partial charge in [-0.05, 0) is 11.4 Å². The third-order valence-corrected chi connectivity index (χ3v) is 3.09. The highest BCUT2D eigenvalue weighted by Gasteiger charge is 2.15. The zero-order valence-electron chi connectivity index (χ0n) is 6.71. The van der Waals surface area contributed by atoms with Crippen LogP contribution in [0.25, 0.3) is 0 Å². The van der Waals surface area contributed by atoms with Crippen LogP contribution in [0.3, 0.4) is 0 Å². The van der Waals surface area contributed by atoms with Gasteiger partial charge in [-0.25, -0.2) is 0 Å². The summed E-state index contributed by atoms with van der Waals surface area (Å²) in [7, 11) is 1.47. The van der Waals surface area contributed by atoms with E-state index in [4.69, 9.17) is 0 Å². The van der Waals surface area contributed by atoms with Gasteiger partial charge in [0, 0.05) is 11.9 Å². The van der Waals surface area contributed by atoms with Gasteiger partial charge in [-0.1, -0.05) is 11.8 Å². The van der Waals surface area contributed by atoms with Gasteiger partial charge in [0.1, 0.15) is 4.88 Å². The maximum atomic E-state index is 12.0. The molecule has 1 aromatic rings. The maximum absolute atomic E-state index is 12.0. The van der Waals surface area contributed by atoms with Crippen molar-refractivity contribution in [3.63, 3.8) is 0 Å². The highest BCUT2D eigenvalue weighted by atomic mass is 32.2. The third kappa shape index (κ3) is 2.67. The predicted octanol–water partition coefficient (Wildman–Crippen LogP) is 2.42. The van der Waals surface area contributed by atoms with E-state index < -0.39 is 5.76 Å². The second-order valence-electron chi connectivity index (χ2n) is 2.07. The lowest BCUT2D eigenvalue weighted by Crippen LogP contribution is -2.17. The lowest BCUT2D eigenvalue weighted by molar-refractivity contribution is 0.0964.